The summed E-state index contributed by atoms with van der Waals surface area (Å²) in [6.45, 7) is 16.3. The first kappa shape index (κ1) is 22.3. The van der Waals surface area contributed by atoms with Crippen LogP contribution in [0.2, 0.25) is 0 Å². The molecule has 1 saturated heterocycles. The number of morpholine rings is 1. The molecule has 1 N–H and O–H groups in total. The maximum atomic E-state index is 11.2. The Hall–Kier alpha value is -1.36. The molecule has 0 bridgehead atoms. The standard InChI is InChI=1S/C25H34BrNO2/c1-24(2,3)19-15-17(16-20(23(19)28)25(4,5)6)22(27-11-13-29-14-12-27)18-9-7-8-10-21(18)26/h7-10,15-16,22,28H,11-14H2,1-6H3. The minimum Gasteiger partial charge on any atom is -0.507 e. The first-order valence-corrected chi connectivity index (χ1v) is 11.2. The van der Waals surface area contributed by atoms with Gasteiger partial charge in [-0.1, -0.05) is 75.7 Å². The van der Waals surface area contributed by atoms with Crippen LogP contribution in [0.25, 0.3) is 0 Å². The van der Waals surface area contributed by atoms with Crippen molar-refractivity contribution in [2.45, 2.75) is 58.4 Å². The number of rotatable bonds is 3. The lowest BCUT2D eigenvalue weighted by atomic mass is 9.77. The van der Waals surface area contributed by atoms with Crippen LogP contribution in [0.3, 0.4) is 0 Å². The quantitative estimate of drug-likeness (QED) is 0.595. The van der Waals surface area contributed by atoms with Gasteiger partial charge in [0, 0.05) is 17.6 Å². The molecule has 3 rings (SSSR count). The van der Waals surface area contributed by atoms with Gasteiger partial charge in [-0.3, -0.25) is 4.90 Å². The van der Waals surface area contributed by atoms with Crippen LogP contribution in [0.4, 0.5) is 0 Å². The van der Waals surface area contributed by atoms with Crippen LogP contribution in [0.5, 0.6) is 5.75 Å². The highest BCUT2D eigenvalue weighted by molar-refractivity contribution is 9.10. The Morgan fingerprint density at radius 3 is 1.93 bits per heavy atom. The smallest absolute Gasteiger partial charge is 0.123 e. The number of halogens is 1. The molecule has 0 radical (unpaired) electrons. The first-order chi connectivity index (χ1) is 13.5. The molecule has 0 saturated carbocycles. The lowest BCUT2D eigenvalue weighted by Crippen LogP contribution is -2.40. The molecular weight excluding hydrogens is 426 g/mol. The molecule has 158 valence electrons. The van der Waals surface area contributed by atoms with Gasteiger partial charge in [-0.2, -0.15) is 0 Å². The molecule has 3 nitrogen and oxygen atoms in total. The molecule has 29 heavy (non-hydrogen) atoms. The number of benzene rings is 2. The molecule has 0 spiro atoms. The predicted molar refractivity (Wildman–Crippen MR) is 124 cm³/mol. The number of phenolic OH excluding ortho intramolecular Hbond substituents is 1. The Bertz CT molecular complexity index is 823. The van der Waals surface area contributed by atoms with Crippen molar-refractivity contribution in [1.29, 1.82) is 0 Å². The number of ether oxygens (including phenoxy) is 1. The average molecular weight is 460 g/mol. The van der Waals surface area contributed by atoms with Gasteiger partial charge in [-0.05, 0) is 51.3 Å². The van der Waals surface area contributed by atoms with Gasteiger partial charge in [-0.25, -0.2) is 0 Å². The van der Waals surface area contributed by atoms with Gasteiger partial charge in [0.2, 0.25) is 0 Å². The van der Waals surface area contributed by atoms with Crippen molar-refractivity contribution >= 4 is 15.9 Å². The van der Waals surface area contributed by atoms with Crippen molar-refractivity contribution in [1.82, 2.24) is 4.90 Å². The van der Waals surface area contributed by atoms with Gasteiger partial charge in [0.1, 0.15) is 5.75 Å². The molecule has 2 aromatic rings. The second-order valence-corrected chi connectivity index (χ2v) is 10.9. The summed E-state index contributed by atoms with van der Waals surface area (Å²) < 4.78 is 6.74. The van der Waals surface area contributed by atoms with Crippen molar-refractivity contribution in [3.05, 3.63) is 63.1 Å². The van der Waals surface area contributed by atoms with Crippen LogP contribution in [0.15, 0.2) is 40.9 Å². The number of aromatic hydroxyl groups is 1. The number of phenols is 1. The van der Waals surface area contributed by atoms with Crippen molar-refractivity contribution in [2.24, 2.45) is 0 Å². The van der Waals surface area contributed by atoms with E-state index in [-0.39, 0.29) is 16.9 Å². The van der Waals surface area contributed by atoms with Gasteiger partial charge in [0.15, 0.2) is 0 Å². The van der Waals surface area contributed by atoms with Crippen LogP contribution < -0.4 is 0 Å². The zero-order chi connectivity index (χ0) is 21.4. The fraction of sp³-hybridized carbons (Fsp3) is 0.520. The lowest BCUT2D eigenvalue weighted by Gasteiger charge is -2.37. The molecule has 0 amide bonds. The molecular formula is C25H34BrNO2. The van der Waals surface area contributed by atoms with Crippen LogP contribution in [-0.2, 0) is 15.6 Å². The molecule has 1 unspecified atom stereocenters. The summed E-state index contributed by atoms with van der Waals surface area (Å²) in [5.74, 6) is 0.432. The Morgan fingerprint density at radius 1 is 0.931 bits per heavy atom. The minimum absolute atomic E-state index is 0.109. The van der Waals surface area contributed by atoms with Gasteiger partial charge < -0.3 is 9.84 Å². The summed E-state index contributed by atoms with van der Waals surface area (Å²) in [5, 5.41) is 11.2. The van der Waals surface area contributed by atoms with Crippen molar-refractivity contribution in [3.63, 3.8) is 0 Å². The summed E-state index contributed by atoms with van der Waals surface area (Å²) in [7, 11) is 0. The van der Waals surface area contributed by atoms with Crippen LogP contribution >= 0.6 is 15.9 Å². The minimum atomic E-state index is -0.149. The third-order valence-corrected chi connectivity index (χ3v) is 6.40. The summed E-state index contributed by atoms with van der Waals surface area (Å²) >= 11 is 3.78. The van der Waals surface area contributed by atoms with Gasteiger partial charge >= 0.3 is 0 Å². The topological polar surface area (TPSA) is 32.7 Å². The van der Waals surface area contributed by atoms with E-state index in [0.29, 0.717) is 5.75 Å². The maximum absolute atomic E-state index is 11.2. The summed E-state index contributed by atoms with van der Waals surface area (Å²) in [4.78, 5) is 2.49. The van der Waals surface area contributed by atoms with Crippen LogP contribution in [-0.4, -0.2) is 36.3 Å². The van der Waals surface area contributed by atoms with Gasteiger partial charge in [0.25, 0.3) is 0 Å². The molecule has 1 fully saturated rings. The van der Waals surface area contributed by atoms with E-state index in [1.807, 2.05) is 0 Å². The van der Waals surface area contributed by atoms with E-state index in [4.69, 9.17) is 4.74 Å². The molecule has 0 aliphatic carbocycles. The normalized spacial score (nSPS) is 17.3. The number of hydrogen-bond acceptors (Lipinski definition) is 3. The van der Waals surface area contributed by atoms with E-state index in [1.54, 1.807) is 0 Å². The van der Waals surface area contributed by atoms with Crippen molar-refractivity contribution in [2.75, 3.05) is 26.3 Å². The number of nitrogens with zero attached hydrogens (tertiary/aromatic N) is 1. The van der Waals surface area contributed by atoms with E-state index in [2.05, 4.69) is 98.8 Å². The highest BCUT2D eigenvalue weighted by Gasteiger charge is 2.31. The second-order valence-electron chi connectivity index (χ2n) is 10.0. The first-order valence-electron chi connectivity index (χ1n) is 10.4. The Kier molecular flexibility index (Phi) is 6.47. The Labute approximate surface area is 184 Å². The zero-order valence-corrected chi connectivity index (χ0v) is 20.1. The van der Waals surface area contributed by atoms with E-state index in [9.17, 15) is 5.11 Å². The summed E-state index contributed by atoms with van der Waals surface area (Å²) in [6, 6.07) is 13.0. The van der Waals surface area contributed by atoms with Crippen molar-refractivity contribution < 1.29 is 9.84 Å². The zero-order valence-electron chi connectivity index (χ0n) is 18.6. The SMILES string of the molecule is CC(C)(C)c1cc(C(c2ccccc2Br)N2CCOCC2)cc(C(C)(C)C)c1O. The average Bonchev–Trinajstić information content (AvgIpc) is 2.63. The van der Waals surface area contributed by atoms with Gasteiger partial charge in [0.05, 0.1) is 19.3 Å². The Morgan fingerprint density at radius 2 is 1.45 bits per heavy atom. The van der Waals surface area contributed by atoms with E-state index in [1.165, 1.54) is 11.1 Å². The van der Waals surface area contributed by atoms with Crippen LogP contribution in [0.1, 0.15) is 69.8 Å². The van der Waals surface area contributed by atoms with E-state index < -0.39 is 0 Å². The molecule has 1 aliphatic heterocycles. The molecule has 1 atom stereocenters. The monoisotopic (exact) mass is 459 g/mol. The fourth-order valence-electron chi connectivity index (χ4n) is 4.08. The molecule has 1 heterocycles. The fourth-order valence-corrected chi connectivity index (χ4v) is 4.58. The predicted octanol–water partition coefficient (Wildman–Crippen LogP) is 6.17. The second kappa shape index (κ2) is 8.41. The largest absolute Gasteiger partial charge is 0.507 e. The van der Waals surface area contributed by atoms with E-state index >= 15 is 0 Å². The highest BCUT2D eigenvalue weighted by Crippen LogP contribution is 2.43. The van der Waals surface area contributed by atoms with Crippen LogP contribution in [0, 0.1) is 0 Å². The third-order valence-electron chi connectivity index (χ3n) is 5.67. The maximum Gasteiger partial charge on any atom is 0.123 e. The molecule has 2 aromatic carbocycles. The van der Waals surface area contributed by atoms with Gasteiger partial charge in [-0.15, -0.1) is 0 Å². The highest BCUT2D eigenvalue weighted by atomic mass is 79.9. The summed E-state index contributed by atoms with van der Waals surface area (Å²) in [6.07, 6.45) is 0. The Balaban J connectivity index is 2.26. The number of hydrogen-bond donors (Lipinski definition) is 1. The molecule has 0 aromatic heterocycles. The summed E-state index contributed by atoms with van der Waals surface area (Å²) in [5.41, 5.74) is 4.19. The van der Waals surface area contributed by atoms with E-state index in [0.717, 1.165) is 41.9 Å². The van der Waals surface area contributed by atoms with Crippen molar-refractivity contribution in [3.8, 4) is 5.75 Å². The molecule has 1 aliphatic rings. The lowest BCUT2D eigenvalue weighted by molar-refractivity contribution is 0.0238. The third kappa shape index (κ3) is 4.87. The molecule has 4 heteroatoms.